The number of amides is 2. The summed E-state index contributed by atoms with van der Waals surface area (Å²) < 4.78 is 11.7. The van der Waals surface area contributed by atoms with Crippen molar-refractivity contribution in [1.82, 2.24) is 5.32 Å². The predicted octanol–water partition coefficient (Wildman–Crippen LogP) is 7.85. The zero-order valence-electron chi connectivity index (χ0n) is 26.4. The Kier molecular flexibility index (Phi) is 15.6. The summed E-state index contributed by atoms with van der Waals surface area (Å²) in [7, 11) is 0. The van der Waals surface area contributed by atoms with Crippen LogP contribution in [0, 0.1) is 0 Å². The fourth-order valence-electron chi connectivity index (χ4n) is 5.13. The van der Waals surface area contributed by atoms with Gasteiger partial charge in [0, 0.05) is 17.3 Å². The van der Waals surface area contributed by atoms with Crippen molar-refractivity contribution in [2.45, 2.75) is 90.4 Å². The fourth-order valence-corrected chi connectivity index (χ4v) is 5.13. The lowest BCUT2D eigenvalue weighted by atomic mass is 10.0. The Morgan fingerprint density at radius 2 is 1.33 bits per heavy atom. The second-order valence-electron chi connectivity index (χ2n) is 11.3. The number of aliphatic carboxylic acids is 1. The molecule has 3 rings (SSSR count). The molecule has 0 saturated heterocycles. The molecule has 0 radical (unpaired) electrons. The van der Waals surface area contributed by atoms with Gasteiger partial charge in [-0.1, -0.05) is 114 Å². The number of carbonyl (C=O) groups is 3. The number of rotatable bonds is 22. The molecular weight excluding hydrogens is 572 g/mol. The van der Waals surface area contributed by atoms with Crippen LogP contribution in [-0.2, 0) is 9.59 Å². The predicted molar refractivity (Wildman–Crippen MR) is 177 cm³/mol. The van der Waals surface area contributed by atoms with Crippen molar-refractivity contribution in [3.8, 4) is 17.2 Å². The van der Waals surface area contributed by atoms with Crippen LogP contribution in [0.25, 0.3) is 10.8 Å². The number of unbranched alkanes of at least 4 members (excludes halogenated alkanes) is 11. The molecule has 0 aromatic heterocycles. The first kappa shape index (κ1) is 35.2. The Morgan fingerprint density at radius 1 is 0.733 bits per heavy atom. The fraction of sp³-hybridized carbons (Fsp3) is 0.472. The summed E-state index contributed by atoms with van der Waals surface area (Å²) in [6, 6.07) is 15.4. The lowest BCUT2D eigenvalue weighted by Crippen LogP contribution is -2.30. The third kappa shape index (κ3) is 12.3. The van der Waals surface area contributed by atoms with E-state index in [1.54, 1.807) is 42.5 Å². The van der Waals surface area contributed by atoms with E-state index >= 15 is 0 Å². The van der Waals surface area contributed by atoms with Gasteiger partial charge in [0.1, 0.15) is 17.2 Å². The van der Waals surface area contributed by atoms with Crippen molar-refractivity contribution in [2.75, 3.05) is 25.1 Å². The van der Waals surface area contributed by atoms with E-state index in [-0.39, 0.29) is 36.6 Å². The van der Waals surface area contributed by atoms with Crippen LogP contribution in [0.15, 0.2) is 54.6 Å². The van der Waals surface area contributed by atoms with Gasteiger partial charge in [0.2, 0.25) is 0 Å². The van der Waals surface area contributed by atoms with Crippen LogP contribution in [-0.4, -0.2) is 47.8 Å². The number of ether oxygens (including phenoxy) is 2. The molecule has 3 aromatic rings. The van der Waals surface area contributed by atoms with Crippen LogP contribution in [0.3, 0.4) is 0 Å². The average Bonchev–Trinajstić information content (AvgIpc) is 3.03. The van der Waals surface area contributed by atoms with Gasteiger partial charge in [-0.3, -0.25) is 14.4 Å². The number of carbonyl (C=O) groups excluding carboxylic acids is 2. The molecule has 244 valence electrons. The molecule has 0 aliphatic carbocycles. The number of fused-ring (bicyclic) bond motifs is 1. The molecule has 0 bridgehead atoms. The minimum Gasteiger partial charge on any atom is -0.506 e. The Balaban J connectivity index is 1.52. The number of carboxylic acid groups (broad SMARTS) is 1. The number of phenolic OH excluding ortho intramolecular Hbond substituents is 1. The molecule has 0 aliphatic heterocycles. The van der Waals surface area contributed by atoms with E-state index in [1.807, 2.05) is 6.07 Å². The van der Waals surface area contributed by atoms with Crippen LogP contribution in [0.5, 0.6) is 17.2 Å². The first-order valence-electron chi connectivity index (χ1n) is 16.3. The molecule has 0 fully saturated rings. The van der Waals surface area contributed by atoms with Gasteiger partial charge < -0.3 is 30.3 Å². The number of phenols is 1. The van der Waals surface area contributed by atoms with Gasteiger partial charge in [-0.15, -0.1) is 0 Å². The van der Waals surface area contributed by atoms with Crippen molar-refractivity contribution in [3.63, 3.8) is 0 Å². The summed E-state index contributed by atoms with van der Waals surface area (Å²) in [5, 5.41) is 26.0. The summed E-state index contributed by atoms with van der Waals surface area (Å²) in [5.74, 6) is -1.51. The molecule has 45 heavy (non-hydrogen) atoms. The van der Waals surface area contributed by atoms with E-state index < -0.39 is 17.8 Å². The molecule has 0 aliphatic rings. The number of nitrogens with one attached hydrogen (secondary N) is 2. The standard InChI is InChI=1S/C36H48N2O7/c1-2-3-4-5-6-7-8-9-10-11-12-17-24-44-31-21-16-15-20-30(31)38-36(43)29-25-32(27-18-13-14-19-28(27)35(29)42)45-26-33(39)37-23-22-34(40)41/h13-16,18-21,25,42H,2-12,17,22-24,26H2,1H3,(H,37,39)(H,38,43)(H,40,41). The van der Waals surface area contributed by atoms with Crippen LogP contribution in [0.2, 0.25) is 0 Å². The summed E-state index contributed by atoms with van der Waals surface area (Å²) >= 11 is 0. The third-order valence-corrected chi connectivity index (χ3v) is 7.63. The quantitative estimate of drug-likeness (QED) is 0.0841. The van der Waals surface area contributed by atoms with Crippen LogP contribution in [0.4, 0.5) is 5.69 Å². The maximum absolute atomic E-state index is 13.4. The molecule has 0 unspecified atom stereocenters. The number of hydrogen-bond donors (Lipinski definition) is 4. The molecule has 9 heteroatoms. The van der Waals surface area contributed by atoms with Crippen LogP contribution in [0.1, 0.15) is 101 Å². The zero-order chi connectivity index (χ0) is 32.3. The van der Waals surface area contributed by atoms with E-state index in [2.05, 4.69) is 17.6 Å². The van der Waals surface area contributed by atoms with Gasteiger partial charge in [-0.2, -0.15) is 0 Å². The number of carboxylic acids is 1. The maximum atomic E-state index is 13.4. The van der Waals surface area contributed by atoms with Crippen molar-refractivity contribution >= 4 is 34.2 Å². The Hall–Kier alpha value is -4.27. The van der Waals surface area contributed by atoms with Crippen molar-refractivity contribution in [2.24, 2.45) is 0 Å². The minimum absolute atomic E-state index is 0.0225. The highest BCUT2D eigenvalue weighted by Crippen LogP contribution is 2.37. The smallest absolute Gasteiger partial charge is 0.305 e. The molecule has 0 atom stereocenters. The third-order valence-electron chi connectivity index (χ3n) is 7.63. The zero-order valence-corrected chi connectivity index (χ0v) is 26.4. The summed E-state index contributed by atoms with van der Waals surface area (Å²) in [5.41, 5.74) is 0.458. The first-order chi connectivity index (χ1) is 21.9. The van der Waals surface area contributed by atoms with Crippen molar-refractivity contribution in [1.29, 1.82) is 0 Å². The lowest BCUT2D eigenvalue weighted by molar-refractivity contribution is -0.137. The van der Waals surface area contributed by atoms with Crippen LogP contribution < -0.4 is 20.1 Å². The van der Waals surface area contributed by atoms with Crippen molar-refractivity contribution in [3.05, 3.63) is 60.2 Å². The SMILES string of the molecule is CCCCCCCCCCCCCCOc1ccccc1NC(=O)c1cc(OCC(=O)NCCC(=O)O)c2ccccc2c1O. The van der Waals surface area contributed by atoms with Crippen LogP contribution >= 0.6 is 0 Å². The van der Waals surface area contributed by atoms with E-state index in [4.69, 9.17) is 14.6 Å². The highest BCUT2D eigenvalue weighted by molar-refractivity contribution is 6.11. The largest absolute Gasteiger partial charge is 0.506 e. The van der Waals surface area contributed by atoms with Gasteiger partial charge in [0.25, 0.3) is 11.8 Å². The Bertz CT molecular complexity index is 1370. The minimum atomic E-state index is -1.02. The summed E-state index contributed by atoms with van der Waals surface area (Å²) in [6.45, 7) is 2.38. The molecule has 2 amide bonds. The second kappa shape index (κ2) is 19.9. The van der Waals surface area contributed by atoms with Gasteiger partial charge in [-0.05, 0) is 24.6 Å². The number of aromatic hydroxyl groups is 1. The lowest BCUT2D eigenvalue weighted by Gasteiger charge is -2.16. The average molecular weight is 621 g/mol. The summed E-state index contributed by atoms with van der Waals surface area (Å²) in [4.78, 5) is 36.3. The van der Waals surface area contributed by atoms with Gasteiger partial charge in [-0.25, -0.2) is 0 Å². The topological polar surface area (TPSA) is 134 Å². The normalized spacial score (nSPS) is 10.9. The molecule has 4 N–H and O–H groups in total. The second-order valence-corrected chi connectivity index (χ2v) is 11.3. The molecular formula is C36H48N2O7. The van der Waals surface area contributed by atoms with E-state index in [0.717, 1.165) is 12.8 Å². The number of benzene rings is 3. The van der Waals surface area contributed by atoms with E-state index in [0.29, 0.717) is 28.8 Å². The Morgan fingerprint density at radius 3 is 2.00 bits per heavy atom. The van der Waals surface area contributed by atoms with Crippen molar-refractivity contribution < 1.29 is 34.1 Å². The number of hydrogen-bond acceptors (Lipinski definition) is 6. The Labute approximate surface area is 266 Å². The number of anilines is 1. The molecule has 0 saturated carbocycles. The summed E-state index contributed by atoms with van der Waals surface area (Å²) in [6.07, 6.45) is 14.9. The maximum Gasteiger partial charge on any atom is 0.305 e. The number of para-hydroxylation sites is 2. The molecule has 0 heterocycles. The van der Waals surface area contributed by atoms with E-state index in [9.17, 15) is 19.5 Å². The van der Waals surface area contributed by atoms with E-state index in [1.165, 1.54) is 70.3 Å². The van der Waals surface area contributed by atoms with Gasteiger partial charge in [0.05, 0.1) is 24.3 Å². The first-order valence-corrected chi connectivity index (χ1v) is 16.3. The van der Waals surface area contributed by atoms with Gasteiger partial charge in [0.15, 0.2) is 6.61 Å². The molecule has 0 spiro atoms. The highest BCUT2D eigenvalue weighted by Gasteiger charge is 2.20. The monoisotopic (exact) mass is 620 g/mol. The highest BCUT2D eigenvalue weighted by atomic mass is 16.5. The molecule has 3 aromatic carbocycles. The molecule has 9 nitrogen and oxygen atoms in total. The van der Waals surface area contributed by atoms with Gasteiger partial charge >= 0.3 is 5.97 Å².